The molecule has 3 nitrogen and oxygen atoms in total. The van der Waals surface area contributed by atoms with Gasteiger partial charge in [0.05, 0.1) is 11.4 Å². The number of aromatic nitrogens is 3. The van der Waals surface area contributed by atoms with Crippen LogP contribution in [0.4, 0.5) is 0 Å². The summed E-state index contributed by atoms with van der Waals surface area (Å²) >= 11 is 0. The minimum atomic E-state index is 0. The van der Waals surface area contributed by atoms with Crippen molar-refractivity contribution in [1.29, 1.82) is 0 Å². The van der Waals surface area contributed by atoms with E-state index in [9.17, 15) is 0 Å². The van der Waals surface area contributed by atoms with Crippen LogP contribution in [0.3, 0.4) is 0 Å². The minimum Gasteiger partial charge on any atom is -0.261 e. The Kier molecular flexibility index (Phi) is 8.34. The van der Waals surface area contributed by atoms with Crippen LogP contribution >= 0.6 is 0 Å². The van der Waals surface area contributed by atoms with E-state index in [1.54, 1.807) is 12.4 Å². The molecule has 4 heteroatoms. The molecule has 0 saturated heterocycles. The maximum absolute atomic E-state index is 4.25. The van der Waals surface area contributed by atoms with Crippen LogP contribution in [0.2, 0.25) is 0 Å². The fourth-order valence-electron chi connectivity index (χ4n) is 2.27. The Morgan fingerprint density at radius 2 is 1.19 bits per heavy atom. The zero-order valence-electron chi connectivity index (χ0n) is 14.1. The molecule has 1 aromatic carbocycles. The van der Waals surface area contributed by atoms with E-state index < -0.39 is 0 Å². The smallest absolute Gasteiger partial charge is 0.0886 e. The van der Waals surface area contributed by atoms with Gasteiger partial charge in [-0.3, -0.25) is 15.0 Å². The number of pyridine rings is 3. The molecule has 0 atom stereocenters. The molecule has 0 aliphatic carbocycles. The summed E-state index contributed by atoms with van der Waals surface area (Å²) in [6.07, 6.45) is 6.22. The number of hydrogen-bond acceptors (Lipinski definition) is 3. The Balaban J connectivity index is 0.000000180. The molecule has 0 N–H and O–H groups in total. The summed E-state index contributed by atoms with van der Waals surface area (Å²) in [5.41, 5.74) is 4.10. The standard InChI is InChI=1S/C12H10N.C10H8N2.Ir/c1-2-6-11(7-3-1)10-12-8-4-5-9-13-12;1-3-7-11-9(5-1)10-6-2-4-8-12-10;/h1-6,8-9H,10H2;1-8H;/q-1;;. The maximum Gasteiger partial charge on any atom is 0.0886 e. The first kappa shape index (κ1) is 19.6. The van der Waals surface area contributed by atoms with Gasteiger partial charge in [0, 0.05) is 44.4 Å². The monoisotopic (exact) mass is 517 g/mol. The summed E-state index contributed by atoms with van der Waals surface area (Å²) in [7, 11) is 0. The van der Waals surface area contributed by atoms with Crippen LogP contribution in [-0.4, -0.2) is 15.0 Å². The summed E-state index contributed by atoms with van der Waals surface area (Å²) in [6, 6.07) is 28.7. The topological polar surface area (TPSA) is 38.7 Å². The van der Waals surface area contributed by atoms with E-state index in [0.717, 1.165) is 23.5 Å². The largest absolute Gasteiger partial charge is 0.261 e. The molecule has 0 fully saturated rings. The number of rotatable bonds is 3. The summed E-state index contributed by atoms with van der Waals surface area (Å²) in [4.78, 5) is 12.6. The van der Waals surface area contributed by atoms with Crippen molar-refractivity contribution in [2.75, 3.05) is 0 Å². The molecular formula is C22H18IrN3-. The minimum absolute atomic E-state index is 0. The molecule has 3 heterocycles. The van der Waals surface area contributed by atoms with E-state index in [-0.39, 0.29) is 20.1 Å². The van der Waals surface area contributed by atoms with Crippen LogP contribution in [0.5, 0.6) is 0 Å². The SMILES string of the molecule is [Ir].[c-]1ccccc1Cc1ccccn1.c1ccc(-c2ccccn2)nc1. The molecule has 3 aromatic heterocycles. The first-order valence-electron chi connectivity index (χ1n) is 8.10. The van der Waals surface area contributed by atoms with E-state index in [2.05, 4.69) is 27.1 Å². The van der Waals surface area contributed by atoms with Gasteiger partial charge in [0.25, 0.3) is 0 Å². The summed E-state index contributed by atoms with van der Waals surface area (Å²) in [5, 5.41) is 0. The molecule has 26 heavy (non-hydrogen) atoms. The summed E-state index contributed by atoms with van der Waals surface area (Å²) in [6.45, 7) is 0. The van der Waals surface area contributed by atoms with Crippen LogP contribution < -0.4 is 0 Å². The number of nitrogens with zero attached hydrogens (tertiary/aromatic N) is 3. The van der Waals surface area contributed by atoms with Gasteiger partial charge in [-0.25, -0.2) is 0 Å². The number of hydrogen-bond donors (Lipinski definition) is 0. The normalized spacial score (nSPS) is 9.38. The molecule has 131 valence electrons. The summed E-state index contributed by atoms with van der Waals surface area (Å²) < 4.78 is 0. The first-order valence-corrected chi connectivity index (χ1v) is 8.10. The molecule has 0 amide bonds. The molecular weight excluding hydrogens is 498 g/mol. The van der Waals surface area contributed by atoms with Crippen molar-refractivity contribution < 1.29 is 20.1 Å². The van der Waals surface area contributed by atoms with Gasteiger partial charge in [-0.15, -0.1) is 0 Å². The van der Waals surface area contributed by atoms with Gasteiger partial charge in [0.15, 0.2) is 0 Å². The molecule has 1 radical (unpaired) electrons. The van der Waals surface area contributed by atoms with Crippen molar-refractivity contribution in [3.8, 4) is 11.4 Å². The van der Waals surface area contributed by atoms with Gasteiger partial charge in [-0.2, -0.15) is 35.9 Å². The van der Waals surface area contributed by atoms with Gasteiger partial charge >= 0.3 is 0 Å². The van der Waals surface area contributed by atoms with E-state index in [1.807, 2.05) is 79.0 Å². The summed E-state index contributed by atoms with van der Waals surface area (Å²) in [5.74, 6) is 0. The van der Waals surface area contributed by atoms with Gasteiger partial charge in [-0.1, -0.05) is 18.2 Å². The Morgan fingerprint density at radius 3 is 1.65 bits per heavy atom. The molecule has 0 saturated carbocycles. The molecule has 0 bridgehead atoms. The maximum atomic E-state index is 4.25. The Labute approximate surface area is 167 Å². The predicted molar refractivity (Wildman–Crippen MR) is 99.8 cm³/mol. The second-order valence-corrected chi connectivity index (χ2v) is 5.32. The first-order chi connectivity index (χ1) is 12.4. The Morgan fingerprint density at radius 1 is 0.615 bits per heavy atom. The number of benzene rings is 1. The Bertz CT molecular complexity index is 780. The third-order valence-electron chi connectivity index (χ3n) is 3.46. The van der Waals surface area contributed by atoms with E-state index in [4.69, 9.17) is 0 Å². The van der Waals surface area contributed by atoms with E-state index >= 15 is 0 Å². The third-order valence-corrected chi connectivity index (χ3v) is 3.46. The fourth-order valence-corrected chi connectivity index (χ4v) is 2.27. The van der Waals surface area contributed by atoms with Crippen LogP contribution in [0, 0.1) is 6.07 Å². The molecule has 0 aliphatic heterocycles. The second kappa shape index (κ2) is 11.0. The molecule has 0 aliphatic rings. The van der Waals surface area contributed by atoms with E-state index in [0.29, 0.717) is 0 Å². The second-order valence-electron chi connectivity index (χ2n) is 5.32. The fraction of sp³-hybridized carbons (Fsp3) is 0.0455. The van der Waals surface area contributed by atoms with Crippen LogP contribution in [0.1, 0.15) is 11.3 Å². The van der Waals surface area contributed by atoms with Gasteiger partial charge in [-0.05, 0) is 42.8 Å². The van der Waals surface area contributed by atoms with Gasteiger partial charge in [0.2, 0.25) is 0 Å². The molecule has 0 spiro atoms. The van der Waals surface area contributed by atoms with Crippen molar-refractivity contribution in [3.05, 3.63) is 115 Å². The van der Waals surface area contributed by atoms with Crippen molar-refractivity contribution in [1.82, 2.24) is 15.0 Å². The molecule has 4 aromatic rings. The quantitative estimate of drug-likeness (QED) is 0.373. The molecule has 4 rings (SSSR count). The van der Waals surface area contributed by atoms with Crippen molar-refractivity contribution in [2.45, 2.75) is 6.42 Å². The van der Waals surface area contributed by atoms with Crippen molar-refractivity contribution in [3.63, 3.8) is 0 Å². The zero-order valence-corrected chi connectivity index (χ0v) is 16.5. The van der Waals surface area contributed by atoms with E-state index in [1.165, 1.54) is 5.56 Å². The van der Waals surface area contributed by atoms with Crippen LogP contribution in [0.25, 0.3) is 11.4 Å². The van der Waals surface area contributed by atoms with Crippen LogP contribution in [0.15, 0.2) is 97.5 Å². The van der Waals surface area contributed by atoms with Crippen molar-refractivity contribution in [2.24, 2.45) is 0 Å². The van der Waals surface area contributed by atoms with Gasteiger partial charge < -0.3 is 0 Å². The van der Waals surface area contributed by atoms with Crippen molar-refractivity contribution >= 4 is 0 Å². The Hall–Kier alpha value is -2.68. The molecule has 0 unspecified atom stereocenters. The van der Waals surface area contributed by atoms with Gasteiger partial charge in [0.1, 0.15) is 0 Å². The van der Waals surface area contributed by atoms with Crippen LogP contribution in [-0.2, 0) is 26.5 Å². The zero-order chi connectivity index (χ0) is 17.2. The average Bonchev–Trinajstić information content (AvgIpc) is 2.71. The average molecular weight is 517 g/mol. The third kappa shape index (κ3) is 6.32. The predicted octanol–water partition coefficient (Wildman–Crippen LogP) is 4.61.